The van der Waals surface area contributed by atoms with E-state index in [-0.39, 0.29) is 6.10 Å². The summed E-state index contributed by atoms with van der Waals surface area (Å²) in [4.78, 5) is 0. The molecule has 1 heteroatoms. The van der Waals surface area contributed by atoms with Gasteiger partial charge in [0.1, 0.15) is 0 Å². The van der Waals surface area contributed by atoms with Gasteiger partial charge in [0.15, 0.2) is 0 Å². The van der Waals surface area contributed by atoms with Gasteiger partial charge in [-0.2, -0.15) is 0 Å². The fraction of sp³-hybridized carbons (Fsp3) is 1.00. The topological polar surface area (TPSA) is 20.2 Å². The maximum atomic E-state index is 9.83. The van der Waals surface area contributed by atoms with E-state index in [1.807, 2.05) is 0 Å². The molecular formula is C13H28O. The lowest BCUT2D eigenvalue weighted by molar-refractivity contribution is 0.0983. The first-order valence-electron chi connectivity index (χ1n) is 5.91. The van der Waals surface area contributed by atoms with Crippen molar-refractivity contribution in [3.63, 3.8) is 0 Å². The fourth-order valence-corrected chi connectivity index (χ4v) is 1.41. The third-order valence-corrected chi connectivity index (χ3v) is 3.18. The minimum Gasteiger partial charge on any atom is -0.393 e. The maximum Gasteiger partial charge on any atom is 0.0543 e. The Kier molecular flexibility index (Phi) is 5.73. The highest BCUT2D eigenvalue weighted by Gasteiger charge is 2.22. The Bertz CT molecular complexity index is 144. The number of hydrogen-bond donors (Lipinski definition) is 1. The zero-order valence-electron chi connectivity index (χ0n) is 10.8. The molecule has 0 aliphatic rings. The summed E-state index contributed by atoms with van der Waals surface area (Å²) in [5.74, 6) is 1.29. The van der Waals surface area contributed by atoms with E-state index in [0.717, 1.165) is 19.3 Å². The van der Waals surface area contributed by atoms with Crippen molar-refractivity contribution in [2.24, 2.45) is 17.3 Å². The third kappa shape index (κ3) is 6.42. The number of hydrogen-bond acceptors (Lipinski definition) is 1. The highest BCUT2D eigenvalue weighted by atomic mass is 16.3. The molecule has 0 radical (unpaired) electrons. The van der Waals surface area contributed by atoms with Crippen molar-refractivity contribution < 1.29 is 5.11 Å². The molecule has 0 aromatic rings. The van der Waals surface area contributed by atoms with Gasteiger partial charge in [0.25, 0.3) is 0 Å². The Balaban J connectivity index is 3.77. The monoisotopic (exact) mass is 200 g/mol. The van der Waals surface area contributed by atoms with Gasteiger partial charge in [0.2, 0.25) is 0 Å². The first kappa shape index (κ1) is 14.0. The first-order valence-corrected chi connectivity index (χ1v) is 5.91. The van der Waals surface area contributed by atoms with E-state index in [9.17, 15) is 5.11 Å². The van der Waals surface area contributed by atoms with Crippen LogP contribution in [0.25, 0.3) is 0 Å². The van der Waals surface area contributed by atoms with Crippen molar-refractivity contribution in [3.8, 4) is 0 Å². The molecule has 0 amide bonds. The molecule has 0 saturated carbocycles. The van der Waals surface area contributed by atoms with Crippen LogP contribution in [0, 0.1) is 17.3 Å². The molecule has 2 atom stereocenters. The van der Waals surface area contributed by atoms with E-state index in [4.69, 9.17) is 0 Å². The zero-order chi connectivity index (χ0) is 11.4. The molecule has 2 unspecified atom stereocenters. The Hall–Kier alpha value is -0.0400. The van der Waals surface area contributed by atoms with Crippen molar-refractivity contribution in [3.05, 3.63) is 0 Å². The quantitative estimate of drug-likeness (QED) is 0.714. The molecule has 0 aliphatic heterocycles. The van der Waals surface area contributed by atoms with E-state index in [1.54, 1.807) is 0 Å². The summed E-state index contributed by atoms with van der Waals surface area (Å²) in [6.07, 6.45) is 2.93. The first-order chi connectivity index (χ1) is 6.23. The second-order valence-electron chi connectivity index (χ2n) is 6.13. The molecule has 0 aliphatic carbocycles. The summed E-state index contributed by atoms with van der Waals surface area (Å²) in [6, 6.07) is 0. The summed E-state index contributed by atoms with van der Waals surface area (Å²) in [5.41, 5.74) is 0.318. The minimum absolute atomic E-state index is 0.105. The zero-order valence-corrected chi connectivity index (χ0v) is 10.8. The summed E-state index contributed by atoms with van der Waals surface area (Å²) < 4.78 is 0. The molecule has 0 aromatic heterocycles. The molecular weight excluding hydrogens is 172 g/mol. The van der Waals surface area contributed by atoms with Crippen molar-refractivity contribution in [2.75, 3.05) is 0 Å². The minimum atomic E-state index is -0.105. The molecule has 0 aromatic carbocycles. The van der Waals surface area contributed by atoms with Gasteiger partial charge < -0.3 is 5.11 Å². The average molecular weight is 200 g/mol. The van der Waals surface area contributed by atoms with Crippen molar-refractivity contribution in [1.29, 1.82) is 0 Å². The molecule has 0 spiro atoms. The van der Waals surface area contributed by atoms with Crippen LogP contribution in [0.4, 0.5) is 0 Å². The highest BCUT2D eigenvalue weighted by molar-refractivity contribution is 4.73. The Morgan fingerprint density at radius 3 is 1.86 bits per heavy atom. The van der Waals surface area contributed by atoms with Gasteiger partial charge in [-0.25, -0.2) is 0 Å². The SMILES string of the molecule is CC(C)CCC(O)CC(C)C(C)(C)C. The predicted molar refractivity (Wildman–Crippen MR) is 63.3 cm³/mol. The van der Waals surface area contributed by atoms with Gasteiger partial charge in [0, 0.05) is 0 Å². The van der Waals surface area contributed by atoms with E-state index in [2.05, 4.69) is 41.5 Å². The second kappa shape index (κ2) is 5.75. The highest BCUT2D eigenvalue weighted by Crippen LogP contribution is 2.29. The second-order valence-corrected chi connectivity index (χ2v) is 6.13. The molecule has 1 N–H and O–H groups in total. The van der Waals surface area contributed by atoms with E-state index >= 15 is 0 Å². The average Bonchev–Trinajstić information content (AvgIpc) is 1.99. The van der Waals surface area contributed by atoms with E-state index in [1.165, 1.54) is 0 Å². The van der Waals surface area contributed by atoms with Crippen LogP contribution in [0.3, 0.4) is 0 Å². The van der Waals surface area contributed by atoms with Gasteiger partial charge in [-0.05, 0) is 36.5 Å². The lowest BCUT2D eigenvalue weighted by Crippen LogP contribution is -2.23. The van der Waals surface area contributed by atoms with Gasteiger partial charge in [-0.15, -0.1) is 0 Å². The summed E-state index contributed by atoms with van der Waals surface area (Å²) >= 11 is 0. The van der Waals surface area contributed by atoms with Crippen LogP contribution in [0.15, 0.2) is 0 Å². The predicted octanol–water partition coefficient (Wildman–Crippen LogP) is 3.86. The Morgan fingerprint density at radius 1 is 1.00 bits per heavy atom. The van der Waals surface area contributed by atoms with Crippen LogP contribution in [0.2, 0.25) is 0 Å². The van der Waals surface area contributed by atoms with Gasteiger partial charge in [-0.1, -0.05) is 41.5 Å². The van der Waals surface area contributed by atoms with E-state index in [0.29, 0.717) is 17.3 Å². The number of aliphatic hydroxyl groups is 1. The van der Waals surface area contributed by atoms with Gasteiger partial charge in [-0.3, -0.25) is 0 Å². The van der Waals surface area contributed by atoms with Crippen molar-refractivity contribution >= 4 is 0 Å². The lowest BCUT2D eigenvalue weighted by atomic mass is 9.78. The largest absolute Gasteiger partial charge is 0.393 e. The van der Waals surface area contributed by atoms with Crippen LogP contribution in [0.5, 0.6) is 0 Å². The van der Waals surface area contributed by atoms with Crippen LogP contribution in [0.1, 0.15) is 60.8 Å². The molecule has 0 fully saturated rings. The molecule has 1 nitrogen and oxygen atoms in total. The van der Waals surface area contributed by atoms with Crippen molar-refractivity contribution in [2.45, 2.75) is 66.9 Å². The third-order valence-electron chi connectivity index (χ3n) is 3.18. The molecule has 0 rings (SSSR count). The molecule has 86 valence electrons. The fourth-order valence-electron chi connectivity index (χ4n) is 1.41. The van der Waals surface area contributed by atoms with Crippen molar-refractivity contribution in [1.82, 2.24) is 0 Å². The van der Waals surface area contributed by atoms with Crippen LogP contribution >= 0.6 is 0 Å². The normalized spacial score (nSPS) is 17.1. The molecule has 0 heterocycles. The molecule has 14 heavy (non-hydrogen) atoms. The van der Waals surface area contributed by atoms with E-state index < -0.39 is 0 Å². The number of rotatable bonds is 5. The number of aliphatic hydroxyl groups excluding tert-OH is 1. The molecule has 0 bridgehead atoms. The summed E-state index contributed by atoms with van der Waals surface area (Å²) in [6.45, 7) is 13.4. The standard InChI is InChI=1S/C13H28O/c1-10(2)7-8-12(14)9-11(3)13(4,5)6/h10-12,14H,7-9H2,1-6H3. The van der Waals surface area contributed by atoms with Gasteiger partial charge in [0.05, 0.1) is 6.10 Å². The van der Waals surface area contributed by atoms with Crippen LogP contribution in [-0.4, -0.2) is 11.2 Å². The van der Waals surface area contributed by atoms with Crippen LogP contribution in [-0.2, 0) is 0 Å². The Morgan fingerprint density at radius 2 is 1.50 bits per heavy atom. The van der Waals surface area contributed by atoms with Crippen LogP contribution < -0.4 is 0 Å². The maximum absolute atomic E-state index is 9.83. The Labute approximate surface area is 89.9 Å². The lowest BCUT2D eigenvalue weighted by Gasteiger charge is -2.29. The smallest absolute Gasteiger partial charge is 0.0543 e. The van der Waals surface area contributed by atoms with Gasteiger partial charge >= 0.3 is 0 Å². The summed E-state index contributed by atoms with van der Waals surface area (Å²) in [5, 5.41) is 9.83. The molecule has 0 saturated heterocycles. The summed E-state index contributed by atoms with van der Waals surface area (Å²) in [7, 11) is 0.